The molecule has 16 heavy (non-hydrogen) atoms. The number of hydrogen-bond acceptors (Lipinski definition) is 3. The maximum Gasteiger partial charge on any atom is 0.340 e. The van der Waals surface area contributed by atoms with E-state index in [1.54, 1.807) is 19.1 Å². The first kappa shape index (κ1) is 12.8. The van der Waals surface area contributed by atoms with E-state index < -0.39 is 11.6 Å². The Bertz CT molecular complexity index is 422. The number of nitrogen functional groups attached to an aromatic ring is 1. The zero-order chi connectivity index (χ0) is 12.5. The fourth-order valence-electron chi connectivity index (χ4n) is 1.21. The highest BCUT2D eigenvalue weighted by Crippen LogP contribution is 2.26. The molecule has 1 rings (SSSR count). The number of anilines is 1. The van der Waals surface area contributed by atoms with Crippen LogP contribution in [0.25, 0.3) is 0 Å². The first-order valence-corrected chi connectivity index (χ1v) is 5.38. The van der Waals surface area contributed by atoms with Gasteiger partial charge in [0.1, 0.15) is 5.60 Å². The van der Waals surface area contributed by atoms with E-state index in [2.05, 4.69) is 0 Å². The Morgan fingerprint density at radius 1 is 1.38 bits per heavy atom. The zero-order valence-electron chi connectivity index (χ0n) is 9.93. The summed E-state index contributed by atoms with van der Waals surface area (Å²) in [5.74, 6) is -0.426. The molecule has 1 aromatic carbocycles. The van der Waals surface area contributed by atoms with Crippen molar-refractivity contribution in [1.29, 1.82) is 0 Å². The number of ether oxygens (including phenoxy) is 1. The third-order valence-electron chi connectivity index (χ3n) is 2.07. The number of nitrogens with two attached hydrogens (primary N) is 1. The van der Waals surface area contributed by atoms with Crippen LogP contribution >= 0.6 is 11.6 Å². The van der Waals surface area contributed by atoms with Gasteiger partial charge in [0.05, 0.1) is 11.3 Å². The van der Waals surface area contributed by atoms with E-state index in [1.165, 1.54) is 0 Å². The molecule has 0 heterocycles. The Kier molecular flexibility index (Phi) is 3.48. The first-order chi connectivity index (χ1) is 7.22. The molecule has 0 aromatic heterocycles. The molecule has 0 aliphatic heterocycles. The van der Waals surface area contributed by atoms with E-state index in [0.717, 1.165) is 0 Å². The van der Waals surface area contributed by atoms with Crippen molar-refractivity contribution in [3.63, 3.8) is 0 Å². The van der Waals surface area contributed by atoms with Crippen LogP contribution in [0.5, 0.6) is 0 Å². The molecule has 0 fully saturated rings. The van der Waals surface area contributed by atoms with Crippen LogP contribution in [0.15, 0.2) is 12.1 Å². The predicted molar refractivity (Wildman–Crippen MR) is 65.8 cm³/mol. The van der Waals surface area contributed by atoms with Gasteiger partial charge in [0, 0.05) is 5.02 Å². The summed E-state index contributed by atoms with van der Waals surface area (Å²) >= 11 is 5.89. The molecule has 88 valence electrons. The highest BCUT2D eigenvalue weighted by molar-refractivity contribution is 6.32. The molecule has 0 bridgehead atoms. The van der Waals surface area contributed by atoms with Crippen LogP contribution in [-0.4, -0.2) is 11.6 Å². The lowest BCUT2D eigenvalue weighted by molar-refractivity contribution is 0.00707. The Morgan fingerprint density at radius 2 is 1.94 bits per heavy atom. The van der Waals surface area contributed by atoms with Gasteiger partial charge in [-0.05, 0) is 45.4 Å². The van der Waals surface area contributed by atoms with E-state index >= 15 is 0 Å². The van der Waals surface area contributed by atoms with Crippen LogP contribution in [0, 0.1) is 6.92 Å². The van der Waals surface area contributed by atoms with Crippen LogP contribution in [0.1, 0.15) is 36.7 Å². The Balaban J connectivity index is 3.06. The summed E-state index contributed by atoms with van der Waals surface area (Å²) in [5, 5.41) is 0.546. The van der Waals surface area contributed by atoms with Crippen LogP contribution < -0.4 is 5.73 Å². The Labute approximate surface area is 101 Å². The highest BCUT2D eigenvalue weighted by atomic mass is 35.5. The molecule has 0 amide bonds. The van der Waals surface area contributed by atoms with Gasteiger partial charge >= 0.3 is 5.97 Å². The van der Waals surface area contributed by atoms with Crippen molar-refractivity contribution >= 4 is 23.3 Å². The van der Waals surface area contributed by atoms with Crippen LogP contribution in [-0.2, 0) is 4.74 Å². The summed E-state index contributed by atoms with van der Waals surface area (Å²) in [5.41, 5.74) is 6.72. The Hall–Kier alpha value is -1.22. The lowest BCUT2D eigenvalue weighted by atomic mass is 10.1. The zero-order valence-corrected chi connectivity index (χ0v) is 10.7. The molecule has 0 spiro atoms. The van der Waals surface area contributed by atoms with E-state index in [4.69, 9.17) is 22.1 Å². The SMILES string of the molecule is Cc1c(Cl)ccc(C(=O)OC(C)(C)C)c1N. The first-order valence-electron chi connectivity index (χ1n) is 5.00. The number of halogens is 1. The molecule has 0 radical (unpaired) electrons. The largest absolute Gasteiger partial charge is 0.456 e. The number of rotatable bonds is 1. The van der Waals surface area contributed by atoms with Gasteiger partial charge in [0.2, 0.25) is 0 Å². The van der Waals surface area contributed by atoms with Crippen molar-refractivity contribution in [3.05, 3.63) is 28.3 Å². The van der Waals surface area contributed by atoms with Gasteiger partial charge in [-0.1, -0.05) is 11.6 Å². The van der Waals surface area contributed by atoms with E-state index in [-0.39, 0.29) is 0 Å². The summed E-state index contributed by atoms with van der Waals surface area (Å²) in [4.78, 5) is 11.8. The van der Waals surface area contributed by atoms with Gasteiger partial charge in [-0.3, -0.25) is 0 Å². The normalized spacial score (nSPS) is 11.3. The summed E-state index contributed by atoms with van der Waals surface area (Å²) < 4.78 is 5.24. The van der Waals surface area contributed by atoms with Crippen molar-refractivity contribution in [2.75, 3.05) is 5.73 Å². The maximum absolute atomic E-state index is 11.8. The van der Waals surface area contributed by atoms with Gasteiger partial charge < -0.3 is 10.5 Å². The van der Waals surface area contributed by atoms with Crippen molar-refractivity contribution in [2.24, 2.45) is 0 Å². The number of benzene rings is 1. The predicted octanol–water partition coefficient (Wildman–Crippen LogP) is 3.19. The minimum Gasteiger partial charge on any atom is -0.456 e. The monoisotopic (exact) mass is 241 g/mol. The molecule has 0 aliphatic rings. The van der Waals surface area contributed by atoms with E-state index in [9.17, 15) is 4.79 Å². The fourth-order valence-corrected chi connectivity index (χ4v) is 1.38. The van der Waals surface area contributed by atoms with Gasteiger partial charge in [-0.15, -0.1) is 0 Å². The van der Waals surface area contributed by atoms with Crippen molar-refractivity contribution in [1.82, 2.24) is 0 Å². The minimum absolute atomic E-state index is 0.358. The second kappa shape index (κ2) is 4.34. The van der Waals surface area contributed by atoms with Crippen LogP contribution in [0.2, 0.25) is 5.02 Å². The highest BCUT2D eigenvalue weighted by Gasteiger charge is 2.20. The van der Waals surface area contributed by atoms with Crippen LogP contribution in [0.4, 0.5) is 5.69 Å². The molecule has 0 atom stereocenters. The lowest BCUT2D eigenvalue weighted by Gasteiger charge is -2.20. The molecular formula is C12H16ClNO2. The number of carbonyl (C=O) groups excluding carboxylic acids is 1. The fraction of sp³-hybridized carbons (Fsp3) is 0.417. The summed E-state index contributed by atoms with van der Waals surface area (Å²) in [6, 6.07) is 3.23. The molecular weight excluding hydrogens is 226 g/mol. The topological polar surface area (TPSA) is 52.3 Å². The molecule has 0 unspecified atom stereocenters. The van der Waals surface area contributed by atoms with Gasteiger partial charge in [-0.25, -0.2) is 4.79 Å². The molecule has 0 saturated carbocycles. The van der Waals surface area contributed by atoms with Crippen molar-refractivity contribution in [2.45, 2.75) is 33.3 Å². The molecule has 2 N–H and O–H groups in total. The third-order valence-corrected chi connectivity index (χ3v) is 2.48. The molecule has 3 nitrogen and oxygen atoms in total. The molecule has 4 heteroatoms. The Morgan fingerprint density at radius 3 is 2.44 bits per heavy atom. The maximum atomic E-state index is 11.8. The number of carbonyl (C=O) groups is 1. The average Bonchev–Trinajstić information content (AvgIpc) is 2.11. The summed E-state index contributed by atoms with van der Waals surface area (Å²) in [6.07, 6.45) is 0. The third kappa shape index (κ3) is 2.89. The van der Waals surface area contributed by atoms with Gasteiger partial charge in [-0.2, -0.15) is 0 Å². The molecule has 0 aliphatic carbocycles. The quantitative estimate of drug-likeness (QED) is 0.607. The second-order valence-electron chi connectivity index (χ2n) is 4.64. The number of hydrogen-bond donors (Lipinski definition) is 1. The standard InChI is InChI=1S/C12H16ClNO2/c1-7-9(13)6-5-8(10(7)14)11(15)16-12(2,3)4/h5-6H,14H2,1-4H3. The van der Waals surface area contributed by atoms with E-state index in [1.807, 2.05) is 20.8 Å². The minimum atomic E-state index is -0.531. The molecule has 0 saturated heterocycles. The lowest BCUT2D eigenvalue weighted by Crippen LogP contribution is -2.24. The van der Waals surface area contributed by atoms with Gasteiger partial charge in [0.25, 0.3) is 0 Å². The average molecular weight is 242 g/mol. The number of esters is 1. The molecule has 1 aromatic rings. The summed E-state index contributed by atoms with van der Waals surface area (Å²) in [6.45, 7) is 7.20. The van der Waals surface area contributed by atoms with Crippen LogP contribution in [0.3, 0.4) is 0 Å². The van der Waals surface area contributed by atoms with Crippen molar-refractivity contribution < 1.29 is 9.53 Å². The van der Waals surface area contributed by atoms with E-state index in [0.29, 0.717) is 21.8 Å². The van der Waals surface area contributed by atoms with Crippen molar-refractivity contribution in [3.8, 4) is 0 Å². The smallest absolute Gasteiger partial charge is 0.340 e. The van der Waals surface area contributed by atoms with Gasteiger partial charge in [0.15, 0.2) is 0 Å². The second-order valence-corrected chi connectivity index (χ2v) is 5.04. The summed E-state index contributed by atoms with van der Waals surface area (Å²) in [7, 11) is 0.